The first-order chi connectivity index (χ1) is 9.75. The molecule has 0 fully saturated rings. The Hall–Kier alpha value is -2.63. The fourth-order valence-electron chi connectivity index (χ4n) is 1.96. The number of aromatic nitrogens is 1. The molecule has 0 saturated heterocycles. The average molecular weight is 274 g/mol. The maximum atomic E-state index is 13.4. The third-order valence-corrected chi connectivity index (χ3v) is 2.93. The number of nitrogens with one attached hydrogen (secondary N) is 1. The minimum Gasteiger partial charge on any atom is -0.454 e. The second kappa shape index (κ2) is 5.16. The predicted molar refractivity (Wildman–Crippen MR) is 67.9 cm³/mol. The molecule has 1 aliphatic rings. The Labute approximate surface area is 114 Å². The molecule has 6 heteroatoms. The van der Waals surface area contributed by atoms with Crippen molar-refractivity contribution >= 4 is 5.91 Å². The minimum absolute atomic E-state index is 0.0373. The molecule has 1 amide bonds. The average Bonchev–Trinajstić information content (AvgIpc) is 2.94. The van der Waals surface area contributed by atoms with Crippen LogP contribution in [0.2, 0.25) is 0 Å². The molecular formula is C14H11FN2O3. The van der Waals surface area contributed by atoms with E-state index in [0.29, 0.717) is 11.5 Å². The third kappa shape index (κ3) is 2.27. The van der Waals surface area contributed by atoms with Gasteiger partial charge in [-0.25, -0.2) is 4.39 Å². The first-order valence-corrected chi connectivity index (χ1v) is 6.01. The van der Waals surface area contributed by atoms with Crippen LogP contribution in [0.5, 0.6) is 11.5 Å². The van der Waals surface area contributed by atoms with E-state index in [1.165, 1.54) is 12.3 Å². The summed E-state index contributed by atoms with van der Waals surface area (Å²) in [5.74, 6) is 0.110. The lowest BCUT2D eigenvalue weighted by Crippen LogP contribution is -2.24. The van der Waals surface area contributed by atoms with Crippen LogP contribution >= 0.6 is 0 Å². The number of fused-ring (bicyclic) bond motifs is 1. The van der Waals surface area contributed by atoms with Gasteiger partial charge < -0.3 is 14.8 Å². The van der Waals surface area contributed by atoms with Crippen molar-refractivity contribution in [3.63, 3.8) is 0 Å². The number of ether oxygens (including phenoxy) is 2. The van der Waals surface area contributed by atoms with Crippen molar-refractivity contribution in [3.05, 3.63) is 53.6 Å². The molecule has 1 aromatic carbocycles. The lowest BCUT2D eigenvalue weighted by molar-refractivity contribution is 0.0946. The summed E-state index contributed by atoms with van der Waals surface area (Å²) < 4.78 is 24.0. The number of pyridine rings is 1. The van der Waals surface area contributed by atoms with Gasteiger partial charge in [0.05, 0.1) is 11.8 Å². The zero-order chi connectivity index (χ0) is 13.9. The van der Waals surface area contributed by atoms with Crippen LogP contribution < -0.4 is 14.8 Å². The van der Waals surface area contributed by atoms with Gasteiger partial charge in [0.1, 0.15) is 0 Å². The molecule has 0 unspecified atom stereocenters. The predicted octanol–water partition coefficient (Wildman–Crippen LogP) is 1.88. The Morgan fingerprint density at radius 2 is 2.25 bits per heavy atom. The lowest BCUT2D eigenvalue weighted by Gasteiger charge is -2.08. The zero-order valence-corrected chi connectivity index (χ0v) is 10.4. The fraction of sp³-hybridized carbons (Fsp3) is 0.143. The standard InChI is InChI=1S/C14H11FN2O3/c15-11-7-16-5-4-10(11)14(18)17-6-9-2-1-3-12-13(9)20-8-19-12/h1-5,7H,6,8H2,(H,17,18). The first kappa shape index (κ1) is 12.4. The molecule has 102 valence electrons. The maximum Gasteiger partial charge on any atom is 0.254 e. The monoisotopic (exact) mass is 274 g/mol. The summed E-state index contributed by atoms with van der Waals surface area (Å²) in [6.07, 6.45) is 2.38. The van der Waals surface area contributed by atoms with Crippen LogP contribution in [0.1, 0.15) is 15.9 Å². The van der Waals surface area contributed by atoms with Gasteiger partial charge in [0.2, 0.25) is 6.79 Å². The van der Waals surface area contributed by atoms with Gasteiger partial charge in [-0.05, 0) is 12.1 Å². The molecule has 1 aliphatic heterocycles. The number of para-hydroxylation sites is 1. The van der Waals surface area contributed by atoms with Crippen LogP contribution in [-0.2, 0) is 6.54 Å². The molecule has 0 saturated carbocycles. The maximum absolute atomic E-state index is 13.4. The van der Waals surface area contributed by atoms with E-state index in [1.807, 2.05) is 12.1 Å². The van der Waals surface area contributed by atoms with Gasteiger partial charge in [-0.3, -0.25) is 9.78 Å². The van der Waals surface area contributed by atoms with Crippen molar-refractivity contribution in [3.8, 4) is 11.5 Å². The van der Waals surface area contributed by atoms with E-state index in [1.54, 1.807) is 6.07 Å². The molecule has 0 radical (unpaired) electrons. The van der Waals surface area contributed by atoms with Crippen LogP contribution in [-0.4, -0.2) is 17.7 Å². The van der Waals surface area contributed by atoms with E-state index in [9.17, 15) is 9.18 Å². The van der Waals surface area contributed by atoms with Crippen LogP contribution in [0.25, 0.3) is 0 Å². The largest absolute Gasteiger partial charge is 0.454 e. The molecule has 0 spiro atoms. The normalized spacial score (nSPS) is 12.2. The summed E-state index contributed by atoms with van der Waals surface area (Å²) in [7, 11) is 0. The van der Waals surface area contributed by atoms with Crippen molar-refractivity contribution in [2.24, 2.45) is 0 Å². The molecule has 0 bridgehead atoms. The van der Waals surface area contributed by atoms with Crippen LogP contribution in [0, 0.1) is 5.82 Å². The number of carbonyl (C=O) groups excluding carboxylic acids is 1. The van der Waals surface area contributed by atoms with E-state index in [4.69, 9.17) is 9.47 Å². The second-order valence-corrected chi connectivity index (χ2v) is 4.19. The zero-order valence-electron chi connectivity index (χ0n) is 10.4. The first-order valence-electron chi connectivity index (χ1n) is 6.01. The van der Waals surface area contributed by atoms with Crippen molar-refractivity contribution in [1.82, 2.24) is 10.3 Å². The number of carbonyl (C=O) groups is 1. The Bertz CT molecular complexity index is 661. The highest BCUT2D eigenvalue weighted by Crippen LogP contribution is 2.35. The number of amides is 1. The summed E-state index contributed by atoms with van der Waals surface area (Å²) in [4.78, 5) is 15.5. The van der Waals surface area contributed by atoms with E-state index >= 15 is 0 Å². The topological polar surface area (TPSA) is 60.5 Å². The molecule has 2 aromatic rings. The van der Waals surface area contributed by atoms with Crippen LogP contribution in [0.15, 0.2) is 36.7 Å². The van der Waals surface area contributed by atoms with Crippen LogP contribution in [0.3, 0.4) is 0 Å². The molecule has 3 rings (SSSR count). The van der Waals surface area contributed by atoms with E-state index in [0.717, 1.165) is 11.8 Å². The van der Waals surface area contributed by atoms with Gasteiger partial charge in [0.15, 0.2) is 17.3 Å². The van der Waals surface area contributed by atoms with Gasteiger partial charge in [0.25, 0.3) is 5.91 Å². The van der Waals surface area contributed by atoms with Crippen molar-refractivity contribution in [2.45, 2.75) is 6.54 Å². The van der Waals surface area contributed by atoms with Crippen molar-refractivity contribution in [2.75, 3.05) is 6.79 Å². The number of rotatable bonds is 3. The van der Waals surface area contributed by atoms with Gasteiger partial charge in [-0.1, -0.05) is 12.1 Å². The summed E-state index contributed by atoms with van der Waals surface area (Å²) in [6, 6.07) is 6.74. The number of halogens is 1. The van der Waals surface area contributed by atoms with Crippen molar-refractivity contribution < 1.29 is 18.7 Å². The fourth-order valence-corrected chi connectivity index (χ4v) is 1.96. The van der Waals surface area contributed by atoms with E-state index in [2.05, 4.69) is 10.3 Å². The molecular weight excluding hydrogens is 263 g/mol. The SMILES string of the molecule is O=C(NCc1cccc2c1OCO2)c1ccncc1F. The summed E-state index contributed by atoms with van der Waals surface area (Å²) in [5.41, 5.74) is 0.743. The molecule has 2 heterocycles. The van der Waals surface area contributed by atoms with Gasteiger partial charge in [-0.15, -0.1) is 0 Å². The van der Waals surface area contributed by atoms with Gasteiger partial charge in [0, 0.05) is 18.3 Å². The number of nitrogens with zero attached hydrogens (tertiary/aromatic N) is 1. The smallest absolute Gasteiger partial charge is 0.254 e. The highest BCUT2D eigenvalue weighted by atomic mass is 19.1. The molecule has 1 N–H and O–H groups in total. The highest BCUT2D eigenvalue weighted by Gasteiger charge is 2.18. The molecule has 5 nitrogen and oxygen atoms in total. The molecule has 20 heavy (non-hydrogen) atoms. The lowest BCUT2D eigenvalue weighted by atomic mass is 10.1. The Balaban J connectivity index is 1.73. The summed E-state index contributed by atoms with van der Waals surface area (Å²) >= 11 is 0. The Kier molecular flexibility index (Phi) is 3.20. The van der Waals surface area contributed by atoms with Crippen LogP contribution in [0.4, 0.5) is 4.39 Å². The Morgan fingerprint density at radius 1 is 1.35 bits per heavy atom. The summed E-state index contributed by atoms with van der Waals surface area (Å²) in [6.45, 7) is 0.395. The number of hydrogen-bond acceptors (Lipinski definition) is 4. The molecule has 1 aromatic heterocycles. The second-order valence-electron chi connectivity index (χ2n) is 4.19. The quantitative estimate of drug-likeness (QED) is 0.928. The van der Waals surface area contributed by atoms with Gasteiger partial charge >= 0.3 is 0 Å². The minimum atomic E-state index is -0.650. The molecule has 0 atom stereocenters. The third-order valence-electron chi connectivity index (χ3n) is 2.93. The number of hydrogen-bond donors (Lipinski definition) is 1. The van der Waals surface area contributed by atoms with Gasteiger partial charge in [-0.2, -0.15) is 0 Å². The summed E-state index contributed by atoms with van der Waals surface area (Å²) in [5, 5.41) is 2.64. The Morgan fingerprint density at radius 3 is 3.10 bits per heavy atom. The van der Waals surface area contributed by atoms with E-state index in [-0.39, 0.29) is 18.9 Å². The highest BCUT2D eigenvalue weighted by molar-refractivity contribution is 5.94. The van der Waals surface area contributed by atoms with Crippen molar-refractivity contribution in [1.29, 1.82) is 0 Å². The van der Waals surface area contributed by atoms with E-state index < -0.39 is 11.7 Å². The molecule has 0 aliphatic carbocycles. The number of benzene rings is 1.